The zero-order valence-corrected chi connectivity index (χ0v) is 14.1. The molecule has 0 aliphatic rings. The van der Waals surface area contributed by atoms with E-state index in [-0.39, 0.29) is 4.90 Å². The summed E-state index contributed by atoms with van der Waals surface area (Å²) < 4.78 is 28.2. The van der Waals surface area contributed by atoms with Crippen molar-refractivity contribution in [3.8, 4) is 11.1 Å². The molecule has 0 saturated carbocycles. The van der Waals surface area contributed by atoms with Gasteiger partial charge in [0.15, 0.2) is 0 Å². The maximum Gasteiger partial charge on any atom is 0.282 e. The van der Waals surface area contributed by atoms with Gasteiger partial charge in [0.2, 0.25) is 0 Å². The van der Waals surface area contributed by atoms with Gasteiger partial charge in [-0.05, 0) is 35.7 Å². The first-order chi connectivity index (χ1) is 11.5. The van der Waals surface area contributed by atoms with Crippen LogP contribution in [-0.2, 0) is 10.0 Å². The van der Waals surface area contributed by atoms with Crippen LogP contribution in [0.2, 0.25) is 0 Å². The summed E-state index contributed by atoms with van der Waals surface area (Å²) in [5.74, 6) is 0. The Balaban J connectivity index is 1.80. The molecule has 3 nitrogen and oxygen atoms in total. The summed E-state index contributed by atoms with van der Waals surface area (Å²) in [5, 5.41) is 0. The van der Waals surface area contributed by atoms with Gasteiger partial charge in [-0.15, -0.1) is 0 Å². The Morgan fingerprint density at radius 2 is 1.33 bits per heavy atom. The lowest BCUT2D eigenvalue weighted by molar-refractivity contribution is 0.598. The van der Waals surface area contributed by atoms with Crippen LogP contribution in [0.5, 0.6) is 0 Å². The Morgan fingerprint density at radius 1 is 0.750 bits per heavy atom. The van der Waals surface area contributed by atoms with Crippen LogP contribution in [0, 0.1) is 6.92 Å². The number of nitrogens with zero attached hydrogens (tertiary/aromatic N) is 1. The van der Waals surface area contributed by atoms with Gasteiger partial charge in [0, 0.05) is 6.21 Å². The van der Waals surface area contributed by atoms with E-state index in [1.54, 1.807) is 24.3 Å². The Bertz CT molecular complexity index is 943. The van der Waals surface area contributed by atoms with E-state index >= 15 is 0 Å². The molecule has 3 aromatic carbocycles. The molecule has 0 spiro atoms. The second kappa shape index (κ2) is 6.81. The number of rotatable bonds is 4. The third kappa shape index (κ3) is 3.78. The average molecular weight is 335 g/mol. The zero-order chi connectivity index (χ0) is 17.0. The predicted octanol–water partition coefficient (Wildman–Crippen LogP) is 4.47. The minimum atomic E-state index is -3.67. The van der Waals surface area contributed by atoms with E-state index in [1.165, 1.54) is 6.21 Å². The summed E-state index contributed by atoms with van der Waals surface area (Å²) >= 11 is 0. The monoisotopic (exact) mass is 335 g/mol. The van der Waals surface area contributed by atoms with Crippen LogP contribution in [0.3, 0.4) is 0 Å². The van der Waals surface area contributed by atoms with E-state index in [9.17, 15) is 8.42 Å². The quantitative estimate of drug-likeness (QED) is 0.660. The van der Waals surface area contributed by atoms with Crippen LogP contribution in [0.25, 0.3) is 11.1 Å². The number of hydrogen-bond acceptors (Lipinski definition) is 2. The molecule has 3 aromatic rings. The second-order valence-electron chi connectivity index (χ2n) is 5.51. The highest BCUT2D eigenvalue weighted by atomic mass is 32.2. The second-order valence-corrected chi connectivity index (χ2v) is 7.14. The van der Waals surface area contributed by atoms with E-state index in [1.807, 2.05) is 61.5 Å². The van der Waals surface area contributed by atoms with Crippen molar-refractivity contribution in [2.24, 2.45) is 4.40 Å². The standard InChI is InChI=1S/C20H17NO2S/c1-16-7-13-20(14-8-16)24(22,23)21-15-17-9-11-19(12-10-17)18-5-3-2-4-6-18/h2-15H,1H3/b21-15+. The van der Waals surface area contributed by atoms with Gasteiger partial charge < -0.3 is 0 Å². The van der Waals surface area contributed by atoms with Crippen molar-refractivity contribution in [3.05, 3.63) is 90.0 Å². The van der Waals surface area contributed by atoms with Crippen molar-refractivity contribution in [3.63, 3.8) is 0 Å². The highest BCUT2D eigenvalue weighted by Gasteiger charge is 2.10. The molecule has 0 aromatic heterocycles. The summed E-state index contributed by atoms with van der Waals surface area (Å²) in [6.07, 6.45) is 1.38. The molecule has 0 N–H and O–H groups in total. The third-order valence-electron chi connectivity index (χ3n) is 3.68. The first kappa shape index (κ1) is 16.1. The van der Waals surface area contributed by atoms with Gasteiger partial charge in [-0.25, -0.2) is 0 Å². The minimum Gasteiger partial charge on any atom is -0.199 e. The number of sulfonamides is 1. The fourth-order valence-corrected chi connectivity index (χ4v) is 3.16. The molecule has 0 atom stereocenters. The molecule has 0 amide bonds. The molecule has 24 heavy (non-hydrogen) atoms. The van der Waals surface area contributed by atoms with E-state index < -0.39 is 10.0 Å². The average Bonchev–Trinajstić information content (AvgIpc) is 2.62. The first-order valence-electron chi connectivity index (χ1n) is 7.57. The molecule has 0 bridgehead atoms. The van der Waals surface area contributed by atoms with Crippen molar-refractivity contribution < 1.29 is 8.42 Å². The van der Waals surface area contributed by atoms with Crippen molar-refractivity contribution in [2.45, 2.75) is 11.8 Å². The Morgan fingerprint density at radius 3 is 1.96 bits per heavy atom. The van der Waals surface area contributed by atoms with E-state index in [0.717, 1.165) is 22.3 Å². The fourth-order valence-electron chi connectivity index (χ4n) is 2.29. The normalized spacial score (nSPS) is 11.7. The minimum absolute atomic E-state index is 0.199. The van der Waals surface area contributed by atoms with Gasteiger partial charge in [0.05, 0.1) is 4.90 Å². The van der Waals surface area contributed by atoms with Crippen molar-refractivity contribution in [1.82, 2.24) is 0 Å². The van der Waals surface area contributed by atoms with Crippen molar-refractivity contribution >= 4 is 16.2 Å². The lowest BCUT2D eigenvalue weighted by atomic mass is 10.0. The predicted molar refractivity (Wildman–Crippen MR) is 97.8 cm³/mol. The molecule has 0 fully saturated rings. The van der Waals surface area contributed by atoms with Crippen LogP contribution in [0.15, 0.2) is 88.2 Å². The summed E-state index contributed by atoms with van der Waals surface area (Å²) in [6, 6.07) is 24.3. The van der Waals surface area contributed by atoms with Gasteiger partial charge in [-0.3, -0.25) is 0 Å². The van der Waals surface area contributed by atoms with Crippen LogP contribution in [-0.4, -0.2) is 14.6 Å². The maximum absolute atomic E-state index is 12.2. The topological polar surface area (TPSA) is 46.5 Å². The molecule has 0 unspecified atom stereocenters. The molecular weight excluding hydrogens is 318 g/mol. The number of hydrogen-bond donors (Lipinski definition) is 0. The van der Waals surface area contributed by atoms with Crippen LogP contribution in [0.1, 0.15) is 11.1 Å². The molecule has 0 heterocycles. The van der Waals surface area contributed by atoms with E-state index in [2.05, 4.69) is 4.40 Å². The molecule has 4 heteroatoms. The third-order valence-corrected chi connectivity index (χ3v) is 4.93. The zero-order valence-electron chi connectivity index (χ0n) is 13.3. The van der Waals surface area contributed by atoms with Crippen LogP contribution < -0.4 is 0 Å². The lowest BCUT2D eigenvalue weighted by Crippen LogP contribution is -1.97. The highest BCUT2D eigenvalue weighted by Crippen LogP contribution is 2.19. The lowest BCUT2D eigenvalue weighted by Gasteiger charge is -2.02. The van der Waals surface area contributed by atoms with Crippen LogP contribution in [0.4, 0.5) is 0 Å². The molecule has 0 radical (unpaired) electrons. The summed E-state index contributed by atoms with van der Waals surface area (Å²) in [4.78, 5) is 0.199. The van der Waals surface area contributed by atoms with Gasteiger partial charge >= 0.3 is 0 Å². The number of aryl methyl sites for hydroxylation is 1. The van der Waals surface area contributed by atoms with Gasteiger partial charge in [-0.1, -0.05) is 72.3 Å². The fraction of sp³-hybridized carbons (Fsp3) is 0.0500. The van der Waals surface area contributed by atoms with E-state index in [0.29, 0.717) is 0 Å². The summed E-state index contributed by atoms with van der Waals surface area (Å²) in [7, 11) is -3.67. The first-order valence-corrected chi connectivity index (χ1v) is 9.01. The van der Waals surface area contributed by atoms with Crippen LogP contribution >= 0.6 is 0 Å². The Labute approximate surface area is 142 Å². The van der Waals surface area contributed by atoms with E-state index in [4.69, 9.17) is 0 Å². The Kier molecular flexibility index (Phi) is 4.58. The summed E-state index contributed by atoms with van der Waals surface area (Å²) in [5.41, 5.74) is 3.95. The maximum atomic E-state index is 12.2. The molecule has 3 rings (SSSR count). The number of benzene rings is 3. The summed E-state index contributed by atoms with van der Waals surface area (Å²) in [6.45, 7) is 1.91. The highest BCUT2D eigenvalue weighted by molar-refractivity contribution is 7.90. The molecule has 0 saturated heterocycles. The van der Waals surface area contributed by atoms with Crippen molar-refractivity contribution in [2.75, 3.05) is 0 Å². The van der Waals surface area contributed by atoms with Gasteiger partial charge in [-0.2, -0.15) is 12.8 Å². The van der Waals surface area contributed by atoms with Gasteiger partial charge in [0.1, 0.15) is 0 Å². The van der Waals surface area contributed by atoms with Gasteiger partial charge in [0.25, 0.3) is 10.0 Å². The molecular formula is C20H17NO2S. The molecule has 0 aliphatic carbocycles. The molecule has 0 aliphatic heterocycles. The Hall–Kier alpha value is -2.72. The van der Waals surface area contributed by atoms with Crippen molar-refractivity contribution in [1.29, 1.82) is 0 Å². The smallest absolute Gasteiger partial charge is 0.199 e. The SMILES string of the molecule is Cc1ccc(S(=O)(=O)/N=C/c2ccc(-c3ccccc3)cc2)cc1. The largest absolute Gasteiger partial charge is 0.282 e. The molecule has 120 valence electrons.